The molecule has 2 heterocycles. The Morgan fingerprint density at radius 1 is 1.24 bits per heavy atom. The third kappa shape index (κ3) is 5.06. The smallest absolute Gasteiger partial charge is 0.249 e. The molecule has 0 bridgehead atoms. The van der Waals surface area contributed by atoms with Crippen molar-refractivity contribution in [3.05, 3.63) is 57.3 Å². The summed E-state index contributed by atoms with van der Waals surface area (Å²) in [6.07, 6.45) is 0.858. The summed E-state index contributed by atoms with van der Waals surface area (Å²) in [5.41, 5.74) is 3.51. The SMILES string of the molecule is COCC(=O)N(CC(=O)N1CCc2sccc2[C@H]1c1ccc(C)cc1)CC(C)C. The first-order valence-electron chi connectivity index (χ1n) is 10.1. The topological polar surface area (TPSA) is 49.9 Å². The molecule has 0 spiro atoms. The van der Waals surface area contributed by atoms with Gasteiger partial charge in [-0.05, 0) is 41.8 Å². The second-order valence-corrected chi connectivity index (χ2v) is 9.05. The summed E-state index contributed by atoms with van der Waals surface area (Å²) in [5, 5.41) is 2.10. The van der Waals surface area contributed by atoms with Gasteiger partial charge in [0.1, 0.15) is 6.61 Å². The molecule has 1 aliphatic heterocycles. The first-order valence-corrected chi connectivity index (χ1v) is 11.0. The van der Waals surface area contributed by atoms with Crippen molar-refractivity contribution in [2.45, 2.75) is 33.2 Å². The van der Waals surface area contributed by atoms with Crippen molar-refractivity contribution in [2.75, 3.05) is 33.4 Å². The largest absolute Gasteiger partial charge is 0.375 e. The molecule has 1 atom stereocenters. The number of carbonyl (C=O) groups is 2. The lowest BCUT2D eigenvalue weighted by Crippen LogP contribution is -2.48. The van der Waals surface area contributed by atoms with Crippen LogP contribution in [-0.4, -0.2) is 55.0 Å². The summed E-state index contributed by atoms with van der Waals surface area (Å²) in [4.78, 5) is 30.8. The number of amides is 2. The summed E-state index contributed by atoms with van der Waals surface area (Å²) in [5.74, 6) is 0.119. The zero-order valence-electron chi connectivity index (χ0n) is 17.7. The van der Waals surface area contributed by atoms with E-state index >= 15 is 0 Å². The highest BCUT2D eigenvalue weighted by Crippen LogP contribution is 2.37. The fraction of sp³-hybridized carbons (Fsp3) is 0.478. The standard InChI is InChI=1S/C23H30N2O3S/c1-16(2)13-24(22(27)15-28-4)14-21(26)25-11-9-20-19(10-12-29-20)23(25)18-7-5-17(3)6-8-18/h5-8,10,12,16,23H,9,11,13-15H2,1-4H3/t23-/m1/s1. The molecule has 0 N–H and O–H groups in total. The van der Waals surface area contributed by atoms with E-state index in [2.05, 4.69) is 42.6 Å². The van der Waals surface area contributed by atoms with Crippen molar-refractivity contribution in [1.29, 1.82) is 0 Å². The van der Waals surface area contributed by atoms with Crippen LogP contribution in [-0.2, 0) is 20.7 Å². The molecule has 1 aromatic heterocycles. The average molecular weight is 415 g/mol. The van der Waals surface area contributed by atoms with Gasteiger partial charge in [-0.3, -0.25) is 9.59 Å². The van der Waals surface area contributed by atoms with E-state index in [-0.39, 0.29) is 36.9 Å². The number of aryl methyl sites for hydroxylation is 1. The molecule has 0 aliphatic carbocycles. The highest BCUT2D eigenvalue weighted by molar-refractivity contribution is 7.10. The molecule has 0 saturated carbocycles. The van der Waals surface area contributed by atoms with E-state index in [0.717, 1.165) is 12.0 Å². The van der Waals surface area contributed by atoms with Crippen LogP contribution in [0.15, 0.2) is 35.7 Å². The van der Waals surface area contributed by atoms with E-state index in [4.69, 9.17) is 4.74 Å². The quantitative estimate of drug-likeness (QED) is 0.695. The van der Waals surface area contributed by atoms with Gasteiger partial charge < -0.3 is 14.5 Å². The third-order valence-electron chi connectivity index (χ3n) is 5.21. The Kier molecular flexibility index (Phi) is 7.09. The van der Waals surface area contributed by atoms with Crippen molar-refractivity contribution in [2.24, 2.45) is 5.92 Å². The van der Waals surface area contributed by atoms with Crippen LogP contribution >= 0.6 is 11.3 Å². The second kappa shape index (κ2) is 9.55. The van der Waals surface area contributed by atoms with E-state index in [1.54, 1.807) is 16.2 Å². The molecular formula is C23H30N2O3S. The fourth-order valence-corrected chi connectivity index (χ4v) is 4.76. The molecule has 0 unspecified atom stereocenters. The number of nitrogens with zero attached hydrogens (tertiary/aromatic N) is 2. The highest BCUT2D eigenvalue weighted by Gasteiger charge is 2.34. The normalized spacial score (nSPS) is 16.0. The Hall–Kier alpha value is -2.18. The van der Waals surface area contributed by atoms with Crippen LogP contribution in [0.4, 0.5) is 0 Å². The molecule has 156 valence electrons. The number of ether oxygens (including phenoxy) is 1. The van der Waals surface area contributed by atoms with Crippen LogP contribution in [0.25, 0.3) is 0 Å². The second-order valence-electron chi connectivity index (χ2n) is 8.05. The Morgan fingerprint density at radius 3 is 2.62 bits per heavy atom. The number of hydrogen-bond acceptors (Lipinski definition) is 4. The minimum atomic E-state index is -0.144. The number of carbonyl (C=O) groups excluding carboxylic acids is 2. The molecule has 6 heteroatoms. The lowest BCUT2D eigenvalue weighted by molar-refractivity contribution is -0.144. The number of benzene rings is 1. The van der Waals surface area contributed by atoms with Crippen molar-refractivity contribution in [3.63, 3.8) is 0 Å². The number of fused-ring (bicyclic) bond motifs is 1. The monoisotopic (exact) mass is 414 g/mol. The zero-order chi connectivity index (χ0) is 21.0. The van der Waals surface area contributed by atoms with E-state index in [9.17, 15) is 9.59 Å². The predicted octanol–water partition coefficient (Wildman–Crippen LogP) is 3.66. The lowest BCUT2D eigenvalue weighted by Gasteiger charge is -2.38. The van der Waals surface area contributed by atoms with E-state index in [0.29, 0.717) is 13.1 Å². The minimum absolute atomic E-state index is 0.00390. The summed E-state index contributed by atoms with van der Waals surface area (Å²) in [6.45, 7) is 7.45. The number of methoxy groups -OCH3 is 1. The predicted molar refractivity (Wildman–Crippen MR) is 116 cm³/mol. The average Bonchev–Trinajstić information content (AvgIpc) is 3.16. The molecule has 0 saturated heterocycles. The van der Waals surface area contributed by atoms with E-state index < -0.39 is 0 Å². The van der Waals surface area contributed by atoms with E-state index in [1.165, 1.54) is 23.1 Å². The molecule has 1 aliphatic rings. The molecule has 0 fully saturated rings. The first-order chi connectivity index (χ1) is 13.9. The van der Waals surface area contributed by atoms with Crippen molar-refractivity contribution in [3.8, 4) is 0 Å². The van der Waals surface area contributed by atoms with Gasteiger partial charge in [-0.1, -0.05) is 43.7 Å². The molecule has 3 rings (SSSR count). The molecule has 2 aromatic rings. The highest BCUT2D eigenvalue weighted by atomic mass is 32.1. The van der Waals surface area contributed by atoms with Crippen LogP contribution in [0.3, 0.4) is 0 Å². The van der Waals surface area contributed by atoms with Gasteiger partial charge in [0.15, 0.2) is 0 Å². The van der Waals surface area contributed by atoms with E-state index in [1.807, 2.05) is 18.7 Å². The Bertz CT molecular complexity index is 844. The van der Waals surface area contributed by atoms with Gasteiger partial charge in [0.2, 0.25) is 11.8 Å². The Morgan fingerprint density at radius 2 is 1.97 bits per heavy atom. The summed E-state index contributed by atoms with van der Waals surface area (Å²) >= 11 is 1.76. The van der Waals surface area contributed by atoms with Gasteiger partial charge in [0, 0.05) is 25.1 Å². The minimum Gasteiger partial charge on any atom is -0.375 e. The van der Waals surface area contributed by atoms with Crippen molar-refractivity contribution < 1.29 is 14.3 Å². The number of thiophene rings is 1. The maximum atomic E-state index is 13.4. The molecule has 29 heavy (non-hydrogen) atoms. The third-order valence-corrected chi connectivity index (χ3v) is 6.21. The lowest BCUT2D eigenvalue weighted by atomic mass is 9.92. The molecule has 0 radical (unpaired) electrons. The fourth-order valence-electron chi connectivity index (χ4n) is 3.86. The van der Waals surface area contributed by atoms with Gasteiger partial charge >= 0.3 is 0 Å². The van der Waals surface area contributed by atoms with Gasteiger partial charge in [0.05, 0.1) is 12.6 Å². The molecular weight excluding hydrogens is 384 g/mol. The van der Waals surface area contributed by atoms with Crippen molar-refractivity contribution >= 4 is 23.2 Å². The number of rotatable bonds is 7. The maximum Gasteiger partial charge on any atom is 0.249 e. The summed E-state index contributed by atoms with van der Waals surface area (Å²) in [6, 6.07) is 10.4. The van der Waals surface area contributed by atoms with Crippen molar-refractivity contribution in [1.82, 2.24) is 9.80 Å². The van der Waals surface area contributed by atoms with Crippen LogP contribution in [0.1, 0.15) is 41.5 Å². The van der Waals surface area contributed by atoms with Gasteiger partial charge in [0.25, 0.3) is 0 Å². The van der Waals surface area contributed by atoms with Crippen LogP contribution < -0.4 is 0 Å². The molecule has 5 nitrogen and oxygen atoms in total. The van der Waals surface area contributed by atoms with Crippen LogP contribution in [0, 0.1) is 12.8 Å². The Balaban J connectivity index is 1.87. The maximum absolute atomic E-state index is 13.4. The summed E-state index contributed by atoms with van der Waals surface area (Å²) in [7, 11) is 1.50. The first kappa shape index (κ1) is 21.5. The van der Waals surface area contributed by atoms with Gasteiger partial charge in [-0.15, -0.1) is 11.3 Å². The summed E-state index contributed by atoms with van der Waals surface area (Å²) < 4.78 is 5.02. The van der Waals surface area contributed by atoms with Gasteiger partial charge in [-0.2, -0.15) is 0 Å². The van der Waals surface area contributed by atoms with Gasteiger partial charge in [-0.25, -0.2) is 0 Å². The molecule has 1 aromatic carbocycles. The van der Waals surface area contributed by atoms with Crippen LogP contribution in [0.2, 0.25) is 0 Å². The zero-order valence-corrected chi connectivity index (χ0v) is 18.5. The molecule has 2 amide bonds. The van der Waals surface area contributed by atoms with Crippen LogP contribution in [0.5, 0.6) is 0 Å². The Labute approximate surface area is 177 Å². The number of hydrogen-bond donors (Lipinski definition) is 0.